The lowest BCUT2D eigenvalue weighted by Crippen LogP contribution is -2.28. The highest BCUT2D eigenvalue weighted by Crippen LogP contribution is 2.29. The number of anilines is 1. The molecule has 0 aromatic heterocycles. The number of hydrogen-bond acceptors (Lipinski definition) is 2. The average molecular weight is 334 g/mol. The van der Waals surface area contributed by atoms with Gasteiger partial charge >= 0.3 is 0 Å². The highest BCUT2D eigenvalue weighted by molar-refractivity contribution is 6.32. The molecule has 3 rings (SSSR count). The molecule has 1 aliphatic rings. The van der Waals surface area contributed by atoms with E-state index in [0.29, 0.717) is 10.7 Å². The quantitative estimate of drug-likeness (QED) is 0.616. The Balaban J connectivity index is 1.98. The second kappa shape index (κ2) is 5.93. The molecule has 1 fully saturated rings. The van der Waals surface area contributed by atoms with Crippen LogP contribution in [-0.4, -0.2) is 11.8 Å². The standard InChI is InChI=1S/C17H10ClF2NO2/c18-12-2-1-3-14(9-12)21-16(22)8-11(17(21)23)6-10-7-13(19)4-5-15(10)20/h1-7,9H,8H2/b11-6+. The Labute approximate surface area is 135 Å². The normalized spacial score (nSPS) is 16.5. The third-order valence-corrected chi connectivity index (χ3v) is 3.66. The molecule has 0 unspecified atom stereocenters. The first kappa shape index (κ1) is 15.4. The first-order valence-electron chi connectivity index (χ1n) is 6.74. The minimum Gasteiger partial charge on any atom is -0.274 e. The van der Waals surface area contributed by atoms with Crippen molar-refractivity contribution >= 4 is 35.2 Å². The predicted molar refractivity (Wildman–Crippen MR) is 82.9 cm³/mol. The molecule has 0 bridgehead atoms. The van der Waals surface area contributed by atoms with E-state index in [4.69, 9.17) is 11.6 Å². The van der Waals surface area contributed by atoms with Gasteiger partial charge in [-0.3, -0.25) is 9.59 Å². The van der Waals surface area contributed by atoms with Crippen LogP contribution in [0.4, 0.5) is 14.5 Å². The molecule has 0 aliphatic carbocycles. The molecule has 23 heavy (non-hydrogen) atoms. The molecule has 2 aromatic rings. The minimum absolute atomic E-state index is 0.0749. The first-order valence-corrected chi connectivity index (χ1v) is 7.12. The fourth-order valence-electron chi connectivity index (χ4n) is 2.38. The molecule has 116 valence electrons. The molecule has 1 aliphatic heterocycles. The highest BCUT2D eigenvalue weighted by Gasteiger charge is 2.35. The van der Waals surface area contributed by atoms with Crippen LogP contribution in [0.2, 0.25) is 5.02 Å². The number of nitrogens with zero attached hydrogens (tertiary/aromatic N) is 1. The van der Waals surface area contributed by atoms with Gasteiger partial charge in [0.25, 0.3) is 5.91 Å². The summed E-state index contributed by atoms with van der Waals surface area (Å²) in [6, 6.07) is 9.23. The lowest BCUT2D eigenvalue weighted by molar-refractivity contribution is -0.120. The van der Waals surface area contributed by atoms with E-state index < -0.39 is 23.4 Å². The van der Waals surface area contributed by atoms with Crippen molar-refractivity contribution in [3.05, 3.63) is 70.3 Å². The molecule has 2 amide bonds. The zero-order valence-corrected chi connectivity index (χ0v) is 12.5. The topological polar surface area (TPSA) is 37.4 Å². The van der Waals surface area contributed by atoms with Crippen molar-refractivity contribution < 1.29 is 18.4 Å². The summed E-state index contributed by atoms with van der Waals surface area (Å²) in [4.78, 5) is 25.5. The zero-order valence-electron chi connectivity index (χ0n) is 11.7. The number of imide groups is 1. The Bertz CT molecular complexity index is 848. The van der Waals surface area contributed by atoms with Crippen molar-refractivity contribution in [2.24, 2.45) is 0 Å². The number of carbonyl (C=O) groups excluding carboxylic acids is 2. The maximum absolute atomic E-state index is 13.7. The maximum atomic E-state index is 13.7. The molecule has 0 atom stereocenters. The first-order chi connectivity index (χ1) is 11.0. The number of halogens is 3. The van der Waals surface area contributed by atoms with Gasteiger partial charge in [0.15, 0.2) is 0 Å². The van der Waals surface area contributed by atoms with Crippen LogP contribution in [0.5, 0.6) is 0 Å². The highest BCUT2D eigenvalue weighted by atomic mass is 35.5. The summed E-state index contributed by atoms with van der Waals surface area (Å²) in [5.41, 5.74) is 0.365. The van der Waals surface area contributed by atoms with E-state index >= 15 is 0 Å². The fraction of sp³-hybridized carbons (Fsp3) is 0.0588. The van der Waals surface area contributed by atoms with Gasteiger partial charge in [0.2, 0.25) is 5.91 Å². The molecule has 1 saturated heterocycles. The van der Waals surface area contributed by atoms with Crippen LogP contribution in [-0.2, 0) is 9.59 Å². The molecule has 0 radical (unpaired) electrons. The molecule has 2 aromatic carbocycles. The van der Waals surface area contributed by atoms with Crippen LogP contribution < -0.4 is 4.90 Å². The summed E-state index contributed by atoms with van der Waals surface area (Å²) in [5.74, 6) is -2.30. The van der Waals surface area contributed by atoms with Gasteiger partial charge in [-0.15, -0.1) is 0 Å². The fourth-order valence-corrected chi connectivity index (χ4v) is 2.56. The largest absolute Gasteiger partial charge is 0.274 e. The number of carbonyl (C=O) groups is 2. The number of hydrogen-bond donors (Lipinski definition) is 0. The molecular weight excluding hydrogens is 324 g/mol. The van der Waals surface area contributed by atoms with Gasteiger partial charge in [0, 0.05) is 16.2 Å². The van der Waals surface area contributed by atoms with Gasteiger partial charge in [-0.1, -0.05) is 17.7 Å². The number of benzene rings is 2. The van der Waals surface area contributed by atoms with Gasteiger partial charge < -0.3 is 0 Å². The third kappa shape index (κ3) is 3.00. The van der Waals surface area contributed by atoms with Crippen molar-refractivity contribution in [2.45, 2.75) is 6.42 Å². The molecule has 0 spiro atoms. The van der Waals surface area contributed by atoms with Gasteiger partial charge in [0.05, 0.1) is 12.1 Å². The van der Waals surface area contributed by atoms with E-state index in [0.717, 1.165) is 23.1 Å². The van der Waals surface area contributed by atoms with Crippen LogP contribution in [0.1, 0.15) is 12.0 Å². The van der Waals surface area contributed by atoms with Crippen molar-refractivity contribution in [1.29, 1.82) is 0 Å². The van der Waals surface area contributed by atoms with Gasteiger partial charge in [-0.05, 0) is 42.5 Å². The van der Waals surface area contributed by atoms with Crippen molar-refractivity contribution in [2.75, 3.05) is 4.90 Å². The van der Waals surface area contributed by atoms with Gasteiger partial charge in [-0.25, -0.2) is 13.7 Å². The Morgan fingerprint density at radius 2 is 1.87 bits per heavy atom. The number of rotatable bonds is 2. The van der Waals surface area contributed by atoms with E-state index in [9.17, 15) is 18.4 Å². The Kier molecular flexibility index (Phi) is 3.96. The molecule has 1 heterocycles. The predicted octanol–water partition coefficient (Wildman–Crippen LogP) is 3.97. The van der Waals surface area contributed by atoms with E-state index in [-0.39, 0.29) is 17.6 Å². The Hall–Kier alpha value is -2.53. The lowest BCUT2D eigenvalue weighted by Gasteiger charge is -2.13. The summed E-state index contributed by atoms with van der Waals surface area (Å²) < 4.78 is 26.9. The number of amides is 2. The van der Waals surface area contributed by atoms with E-state index in [1.54, 1.807) is 18.2 Å². The van der Waals surface area contributed by atoms with Crippen LogP contribution in [0.15, 0.2) is 48.0 Å². The molecule has 6 heteroatoms. The monoisotopic (exact) mass is 333 g/mol. The minimum atomic E-state index is -0.666. The van der Waals surface area contributed by atoms with Gasteiger partial charge in [0.1, 0.15) is 11.6 Å². The second-order valence-corrected chi connectivity index (χ2v) is 5.46. The zero-order chi connectivity index (χ0) is 16.6. The Morgan fingerprint density at radius 1 is 1.09 bits per heavy atom. The molecular formula is C17H10ClF2NO2. The van der Waals surface area contributed by atoms with E-state index in [1.165, 1.54) is 12.1 Å². The van der Waals surface area contributed by atoms with Crippen molar-refractivity contribution in [1.82, 2.24) is 0 Å². The lowest BCUT2D eigenvalue weighted by atomic mass is 10.1. The average Bonchev–Trinajstić information content (AvgIpc) is 2.77. The molecule has 3 nitrogen and oxygen atoms in total. The molecule has 0 N–H and O–H groups in total. The Morgan fingerprint density at radius 3 is 2.61 bits per heavy atom. The van der Waals surface area contributed by atoms with Crippen molar-refractivity contribution in [3.8, 4) is 0 Å². The van der Waals surface area contributed by atoms with Crippen LogP contribution >= 0.6 is 11.6 Å². The van der Waals surface area contributed by atoms with Crippen molar-refractivity contribution in [3.63, 3.8) is 0 Å². The second-order valence-electron chi connectivity index (χ2n) is 5.03. The summed E-state index contributed by atoms with van der Waals surface area (Å²) in [6.07, 6.45) is 1.02. The SMILES string of the molecule is O=C1C/C(=C\c2cc(F)ccc2F)C(=O)N1c1cccc(Cl)c1. The van der Waals surface area contributed by atoms with E-state index in [2.05, 4.69) is 0 Å². The smallest absolute Gasteiger partial charge is 0.261 e. The summed E-state index contributed by atoms with van der Waals surface area (Å²) >= 11 is 5.87. The van der Waals surface area contributed by atoms with Crippen LogP contribution in [0.25, 0.3) is 6.08 Å². The van der Waals surface area contributed by atoms with Crippen LogP contribution in [0.3, 0.4) is 0 Å². The molecule has 0 saturated carbocycles. The summed E-state index contributed by atoms with van der Waals surface area (Å²) in [7, 11) is 0. The van der Waals surface area contributed by atoms with E-state index in [1.807, 2.05) is 0 Å². The third-order valence-electron chi connectivity index (χ3n) is 3.42. The summed E-state index contributed by atoms with van der Waals surface area (Å²) in [5, 5.41) is 0.386. The maximum Gasteiger partial charge on any atom is 0.261 e. The van der Waals surface area contributed by atoms with Crippen LogP contribution in [0, 0.1) is 11.6 Å². The van der Waals surface area contributed by atoms with Gasteiger partial charge in [-0.2, -0.15) is 0 Å². The summed E-state index contributed by atoms with van der Waals surface area (Å²) in [6.45, 7) is 0.